The van der Waals surface area contributed by atoms with Gasteiger partial charge in [-0.25, -0.2) is 4.79 Å². The van der Waals surface area contributed by atoms with Gasteiger partial charge in [0.15, 0.2) is 0 Å². The summed E-state index contributed by atoms with van der Waals surface area (Å²) in [4.78, 5) is 10.8. The maximum absolute atomic E-state index is 10.8. The van der Waals surface area contributed by atoms with E-state index in [1.807, 2.05) is 0 Å². The molecule has 0 aromatic heterocycles. The zero-order valence-electron chi connectivity index (χ0n) is 9.40. The molecule has 0 bridgehead atoms. The van der Waals surface area contributed by atoms with Gasteiger partial charge in [-0.1, -0.05) is 6.07 Å². The molecule has 72 valence electrons. The fourth-order valence-electron chi connectivity index (χ4n) is 1.06. The van der Waals surface area contributed by atoms with Crippen molar-refractivity contribution in [2.45, 2.75) is 0 Å². The fraction of sp³-hybridized carbons (Fsp3) is 0.222. The van der Waals surface area contributed by atoms with E-state index in [2.05, 4.69) is 0 Å². The number of rotatable bonds is 3. The summed E-state index contributed by atoms with van der Waals surface area (Å²) in [5.41, 5.74) is 0.0486. The van der Waals surface area contributed by atoms with Gasteiger partial charge in [0.1, 0.15) is 17.1 Å². The molecule has 4 nitrogen and oxygen atoms in total. The first-order valence-electron chi connectivity index (χ1n) is 3.65. The molecule has 0 aliphatic carbocycles. The van der Waals surface area contributed by atoms with E-state index in [0.29, 0.717) is 11.5 Å². The van der Waals surface area contributed by atoms with Crippen molar-refractivity contribution >= 4 is 5.97 Å². The van der Waals surface area contributed by atoms with Crippen molar-refractivity contribution in [2.75, 3.05) is 14.2 Å². The quantitative estimate of drug-likeness (QED) is 0.739. The smallest absolute Gasteiger partial charge is 1.00 e. The molecular weight excluding hydrogens is 305 g/mol. The molecule has 0 aliphatic rings. The van der Waals surface area contributed by atoms with Gasteiger partial charge in [0.05, 0.1) is 14.2 Å². The monoisotopic (exact) mass is 316 g/mol. The summed E-state index contributed by atoms with van der Waals surface area (Å²) in [7, 11) is 2.84. The number of methoxy groups -OCH3 is 2. The molecule has 0 radical (unpaired) electrons. The standard InChI is InChI=1S/C9H10O4.Cs.H/c1-12-6-4-3-5-7(13-2)8(6)9(10)11;;/h3-5H,1-2H3,(H,10,11);;/q;+1;-1. The van der Waals surface area contributed by atoms with Crippen LogP contribution in [0.1, 0.15) is 11.8 Å². The summed E-state index contributed by atoms with van der Waals surface area (Å²) in [6.45, 7) is 0. The van der Waals surface area contributed by atoms with Crippen LogP contribution in [0.25, 0.3) is 0 Å². The number of carboxylic acid groups (broad SMARTS) is 1. The molecule has 0 unspecified atom stereocenters. The second-order valence-electron chi connectivity index (χ2n) is 2.34. The molecule has 0 amide bonds. The Morgan fingerprint density at radius 1 is 1.29 bits per heavy atom. The van der Waals surface area contributed by atoms with Crippen molar-refractivity contribution in [2.24, 2.45) is 0 Å². The zero-order valence-corrected chi connectivity index (χ0v) is 14.7. The van der Waals surface area contributed by atoms with Crippen LogP contribution in [0.15, 0.2) is 18.2 Å². The molecule has 1 rings (SSSR count). The molecular formula is C9H11CsO4. The van der Waals surface area contributed by atoms with Crippen molar-refractivity contribution in [1.82, 2.24) is 0 Å². The third-order valence-electron chi connectivity index (χ3n) is 1.64. The SMILES string of the molecule is COc1cccc(OC)c1C(=O)O.[Cs+].[H-]. The molecule has 5 heteroatoms. The van der Waals surface area contributed by atoms with E-state index in [0.717, 1.165) is 0 Å². The summed E-state index contributed by atoms with van der Waals surface area (Å²) >= 11 is 0. The molecule has 0 atom stereocenters. The number of hydrogen-bond donors (Lipinski definition) is 1. The summed E-state index contributed by atoms with van der Waals surface area (Å²) in [5, 5.41) is 8.85. The van der Waals surface area contributed by atoms with E-state index in [9.17, 15) is 4.79 Å². The first kappa shape index (κ1) is 14.3. The maximum atomic E-state index is 10.8. The van der Waals surface area contributed by atoms with Gasteiger partial charge in [0, 0.05) is 0 Å². The minimum absolute atomic E-state index is 0. The number of benzene rings is 1. The number of ether oxygens (including phenoxy) is 2. The summed E-state index contributed by atoms with van der Waals surface area (Å²) in [5.74, 6) is -0.465. The van der Waals surface area contributed by atoms with Gasteiger partial charge in [-0.2, -0.15) is 0 Å². The molecule has 1 N–H and O–H groups in total. The minimum Gasteiger partial charge on any atom is -1.00 e. The minimum atomic E-state index is -1.06. The Bertz CT molecular complexity index is 308. The molecule has 1 aromatic rings. The average molecular weight is 316 g/mol. The van der Waals surface area contributed by atoms with Crippen LogP contribution in [0.3, 0.4) is 0 Å². The summed E-state index contributed by atoms with van der Waals surface area (Å²) in [6, 6.07) is 4.82. The third-order valence-corrected chi connectivity index (χ3v) is 1.64. The van der Waals surface area contributed by atoms with Crippen molar-refractivity contribution in [3.05, 3.63) is 23.8 Å². The van der Waals surface area contributed by atoms with E-state index in [1.165, 1.54) is 14.2 Å². The van der Waals surface area contributed by atoms with E-state index < -0.39 is 5.97 Å². The Balaban J connectivity index is 0. The van der Waals surface area contributed by atoms with Gasteiger partial charge in [0.2, 0.25) is 0 Å². The van der Waals surface area contributed by atoms with Crippen LogP contribution in [0.5, 0.6) is 11.5 Å². The zero-order chi connectivity index (χ0) is 9.84. The first-order valence-corrected chi connectivity index (χ1v) is 3.65. The van der Waals surface area contributed by atoms with Crippen molar-refractivity contribution in [3.8, 4) is 11.5 Å². The van der Waals surface area contributed by atoms with Crippen LogP contribution in [0.2, 0.25) is 0 Å². The maximum Gasteiger partial charge on any atom is 1.00 e. The largest absolute Gasteiger partial charge is 1.00 e. The molecule has 0 aliphatic heterocycles. The fourth-order valence-corrected chi connectivity index (χ4v) is 1.06. The Kier molecular flexibility index (Phi) is 6.92. The van der Waals surface area contributed by atoms with Crippen LogP contribution < -0.4 is 78.4 Å². The number of carboxylic acids is 1. The Labute approximate surface area is 142 Å². The molecule has 14 heavy (non-hydrogen) atoms. The van der Waals surface area contributed by atoms with Crippen molar-refractivity contribution in [1.29, 1.82) is 0 Å². The van der Waals surface area contributed by atoms with E-state index >= 15 is 0 Å². The van der Waals surface area contributed by atoms with Gasteiger partial charge in [0.25, 0.3) is 0 Å². The molecule has 1 aromatic carbocycles. The normalized spacial score (nSPS) is 8.71. The Morgan fingerprint density at radius 3 is 2.00 bits per heavy atom. The van der Waals surface area contributed by atoms with Crippen molar-refractivity contribution < 1.29 is 89.7 Å². The molecule has 0 fully saturated rings. The second kappa shape index (κ2) is 6.76. The Hall–Kier alpha value is 0.342. The number of aromatic carboxylic acids is 1. The van der Waals surface area contributed by atoms with Crippen LogP contribution in [0.4, 0.5) is 0 Å². The van der Waals surface area contributed by atoms with Gasteiger partial charge < -0.3 is 16.0 Å². The predicted octanol–water partition coefficient (Wildman–Crippen LogP) is -1.48. The molecule has 0 spiro atoms. The van der Waals surface area contributed by atoms with Crippen molar-refractivity contribution in [3.63, 3.8) is 0 Å². The Morgan fingerprint density at radius 2 is 1.71 bits per heavy atom. The molecule has 0 heterocycles. The first-order chi connectivity index (χ1) is 6.20. The van der Waals surface area contributed by atoms with E-state index in [1.54, 1.807) is 18.2 Å². The van der Waals surface area contributed by atoms with Gasteiger partial charge in [-0.05, 0) is 12.1 Å². The predicted molar refractivity (Wildman–Crippen MR) is 47.6 cm³/mol. The van der Waals surface area contributed by atoms with Crippen LogP contribution in [-0.4, -0.2) is 25.3 Å². The molecule has 0 saturated carbocycles. The number of carbonyl (C=O) groups is 1. The van der Waals surface area contributed by atoms with Crippen LogP contribution in [-0.2, 0) is 0 Å². The summed E-state index contributed by atoms with van der Waals surface area (Å²) < 4.78 is 9.78. The van der Waals surface area contributed by atoms with E-state index in [4.69, 9.17) is 14.6 Å². The van der Waals surface area contributed by atoms with Crippen LogP contribution in [0, 0.1) is 0 Å². The average Bonchev–Trinajstić information content (AvgIpc) is 2.16. The van der Waals surface area contributed by atoms with Gasteiger partial charge in [-0.15, -0.1) is 0 Å². The number of hydrogen-bond acceptors (Lipinski definition) is 3. The topological polar surface area (TPSA) is 55.8 Å². The van der Waals surface area contributed by atoms with E-state index in [-0.39, 0.29) is 75.9 Å². The molecule has 0 saturated heterocycles. The second-order valence-corrected chi connectivity index (χ2v) is 2.34. The van der Waals surface area contributed by atoms with Gasteiger partial charge in [-0.3, -0.25) is 0 Å². The third kappa shape index (κ3) is 3.18. The van der Waals surface area contributed by atoms with Crippen LogP contribution >= 0.6 is 0 Å². The summed E-state index contributed by atoms with van der Waals surface area (Å²) in [6.07, 6.45) is 0. The van der Waals surface area contributed by atoms with Gasteiger partial charge >= 0.3 is 74.9 Å².